The monoisotopic (exact) mass is 643 g/mol. The van der Waals surface area contributed by atoms with Crippen molar-refractivity contribution in [2.45, 2.75) is 38.5 Å². The molecule has 0 radical (unpaired) electrons. The van der Waals surface area contributed by atoms with Gasteiger partial charge >= 0.3 is 0 Å². The summed E-state index contributed by atoms with van der Waals surface area (Å²) in [6, 6.07) is 46.6. The van der Waals surface area contributed by atoms with E-state index < -0.39 is 0 Å². The van der Waals surface area contributed by atoms with Crippen LogP contribution in [0.2, 0.25) is 0 Å². The lowest BCUT2D eigenvalue weighted by molar-refractivity contribution is 0.243. The first kappa shape index (κ1) is 29.1. The van der Waals surface area contributed by atoms with Gasteiger partial charge in [-0.1, -0.05) is 112 Å². The number of nitriles is 1. The Hall–Kier alpha value is -5.85. The minimum atomic E-state index is -0.129. The molecule has 50 heavy (non-hydrogen) atoms. The van der Waals surface area contributed by atoms with Crippen molar-refractivity contribution in [3.63, 3.8) is 0 Å². The second kappa shape index (κ2) is 10.3. The molecule has 7 aromatic carbocycles. The van der Waals surface area contributed by atoms with Crippen LogP contribution < -0.4 is 9.80 Å². The first-order chi connectivity index (χ1) is 24.4. The quantitative estimate of drug-likeness (QED) is 0.179. The molecule has 0 saturated carbocycles. The predicted molar refractivity (Wildman–Crippen MR) is 208 cm³/mol. The third-order valence-electron chi connectivity index (χ3n) is 12.4. The highest BCUT2D eigenvalue weighted by Gasteiger charge is 2.54. The molecule has 7 aromatic rings. The zero-order valence-electron chi connectivity index (χ0n) is 28.6. The number of hydrogen-bond donors (Lipinski definition) is 0. The molecule has 0 N–H and O–H groups in total. The third-order valence-corrected chi connectivity index (χ3v) is 12.4. The molecular formula is C47H37N3. The minimum Gasteiger partial charge on any atom is -0.340 e. The van der Waals surface area contributed by atoms with E-state index >= 15 is 0 Å². The predicted octanol–water partition coefficient (Wildman–Crippen LogP) is 11.8. The van der Waals surface area contributed by atoms with Crippen LogP contribution in [-0.4, -0.2) is 6.54 Å². The van der Waals surface area contributed by atoms with Gasteiger partial charge in [-0.3, -0.25) is 0 Å². The molecule has 3 nitrogen and oxygen atoms in total. The van der Waals surface area contributed by atoms with E-state index in [0.717, 1.165) is 30.0 Å². The fourth-order valence-corrected chi connectivity index (χ4v) is 9.50. The molecule has 240 valence electrons. The molecule has 2 aliphatic carbocycles. The van der Waals surface area contributed by atoms with Gasteiger partial charge in [-0.2, -0.15) is 5.26 Å². The molecule has 0 aromatic heterocycles. The summed E-state index contributed by atoms with van der Waals surface area (Å²) in [5.74, 6) is 0.302. The van der Waals surface area contributed by atoms with Crippen molar-refractivity contribution in [1.82, 2.24) is 0 Å². The van der Waals surface area contributed by atoms with E-state index in [0.29, 0.717) is 11.5 Å². The Kier molecular flexibility index (Phi) is 6.01. The van der Waals surface area contributed by atoms with Crippen LogP contribution in [0.4, 0.5) is 22.7 Å². The summed E-state index contributed by atoms with van der Waals surface area (Å²) < 4.78 is 0. The largest absolute Gasteiger partial charge is 0.340 e. The highest BCUT2D eigenvalue weighted by molar-refractivity contribution is 6.27. The van der Waals surface area contributed by atoms with Gasteiger partial charge in [-0.05, 0) is 98.6 Å². The number of benzene rings is 7. The lowest BCUT2D eigenvalue weighted by atomic mass is 9.62. The van der Waals surface area contributed by atoms with Crippen molar-refractivity contribution in [2.24, 2.45) is 5.41 Å². The summed E-state index contributed by atoms with van der Waals surface area (Å²) in [7, 11) is 0. The van der Waals surface area contributed by atoms with E-state index in [-0.39, 0.29) is 10.8 Å². The third kappa shape index (κ3) is 3.85. The molecule has 0 fully saturated rings. The van der Waals surface area contributed by atoms with Crippen LogP contribution in [0.25, 0.3) is 32.3 Å². The highest BCUT2D eigenvalue weighted by atomic mass is 15.2. The van der Waals surface area contributed by atoms with Crippen molar-refractivity contribution < 1.29 is 0 Å². The fourth-order valence-electron chi connectivity index (χ4n) is 9.50. The Bertz CT molecular complexity index is 2620. The van der Waals surface area contributed by atoms with Crippen LogP contribution in [0.1, 0.15) is 48.9 Å². The van der Waals surface area contributed by atoms with E-state index in [1.165, 1.54) is 60.4 Å². The normalized spacial score (nSPS) is 20.2. The number of fused-ring (bicyclic) bond motifs is 4. The van der Waals surface area contributed by atoms with E-state index in [1.807, 2.05) is 12.1 Å². The van der Waals surface area contributed by atoms with E-state index in [1.54, 1.807) is 0 Å². The standard InChI is InChI=1S/C47H37N3/c1-46(2)39-10-6-5-9-36(39)40-23-20-35(28-47(40,46)3)50(34-18-12-30(29-48)13-19-34)43-25-17-33-14-21-37-42(49-27-26-31-8-4-7-11-41(31)49)24-16-32-15-22-38(43)45(33)44(32)37/h4-25,28,40H,26-27H2,1-3H3. The van der Waals surface area contributed by atoms with Gasteiger partial charge in [0.1, 0.15) is 0 Å². The maximum absolute atomic E-state index is 9.68. The molecule has 3 heteroatoms. The van der Waals surface area contributed by atoms with Gasteiger partial charge in [0.05, 0.1) is 17.3 Å². The van der Waals surface area contributed by atoms with Crippen molar-refractivity contribution >= 4 is 55.1 Å². The molecule has 0 spiro atoms. The molecule has 0 amide bonds. The molecule has 1 aliphatic heterocycles. The Morgan fingerprint density at radius 2 is 1.42 bits per heavy atom. The van der Waals surface area contributed by atoms with Gasteiger partial charge < -0.3 is 9.80 Å². The van der Waals surface area contributed by atoms with Gasteiger partial charge in [0.25, 0.3) is 0 Å². The molecule has 3 aliphatic rings. The smallest absolute Gasteiger partial charge is 0.0991 e. The summed E-state index contributed by atoms with van der Waals surface area (Å²) in [6.45, 7) is 8.22. The maximum atomic E-state index is 9.68. The number of hydrogen-bond acceptors (Lipinski definition) is 3. The number of para-hydroxylation sites is 1. The summed E-state index contributed by atoms with van der Waals surface area (Å²) in [4.78, 5) is 4.92. The van der Waals surface area contributed by atoms with E-state index in [2.05, 4.69) is 164 Å². The topological polar surface area (TPSA) is 30.3 Å². The molecule has 1 heterocycles. The molecular weight excluding hydrogens is 607 g/mol. The molecule has 0 saturated heterocycles. The van der Waals surface area contributed by atoms with Crippen LogP contribution in [0.5, 0.6) is 0 Å². The van der Waals surface area contributed by atoms with Gasteiger partial charge in [0.15, 0.2) is 0 Å². The fraction of sp³-hybridized carbons (Fsp3) is 0.170. The lowest BCUT2D eigenvalue weighted by Gasteiger charge is -2.43. The Morgan fingerprint density at radius 3 is 2.24 bits per heavy atom. The van der Waals surface area contributed by atoms with Gasteiger partial charge in [0.2, 0.25) is 0 Å². The molecule has 2 atom stereocenters. The zero-order valence-corrected chi connectivity index (χ0v) is 28.6. The van der Waals surface area contributed by atoms with Crippen molar-refractivity contribution in [3.05, 3.63) is 168 Å². The van der Waals surface area contributed by atoms with Gasteiger partial charge in [-0.15, -0.1) is 0 Å². The highest BCUT2D eigenvalue weighted by Crippen LogP contribution is 2.62. The number of rotatable bonds is 4. The zero-order chi connectivity index (χ0) is 33.8. The summed E-state index contributed by atoms with van der Waals surface area (Å²) in [6.07, 6.45) is 8.34. The van der Waals surface area contributed by atoms with Crippen LogP contribution in [0.15, 0.2) is 145 Å². The van der Waals surface area contributed by atoms with Gasteiger partial charge in [-0.25, -0.2) is 0 Å². The second-order valence-electron chi connectivity index (χ2n) is 15.0. The van der Waals surface area contributed by atoms with Crippen molar-refractivity contribution in [1.29, 1.82) is 5.26 Å². The Labute approximate surface area is 293 Å². The molecule has 0 bridgehead atoms. The van der Waals surface area contributed by atoms with Crippen LogP contribution in [0, 0.1) is 16.7 Å². The Balaban J connectivity index is 1.20. The summed E-state index contributed by atoms with van der Waals surface area (Å²) in [5, 5.41) is 17.3. The molecule has 2 unspecified atom stereocenters. The summed E-state index contributed by atoms with van der Waals surface area (Å²) in [5.41, 5.74) is 10.7. The number of allylic oxidation sites excluding steroid dienone is 3. The lowest BCUT2D eigenvalue weighted by Crippen LogP contribution is -2.38. The number of nitrogens with zero attached hydrogens (tertiary/aromatic N) is 3. The maximum Gasteiger partial charge on any atom is 0.0991 e. The van der Waals surface area contributed by atoms with Crippen LogP contribution >= 0.6 is 0 Å². The van der Waals surface area contributed by atoms with Gasteiger partial charge in [0, 0.05) is 51.4 Å². The average Bonchev–Trinajstić information content (AvgIpc) is 3.65. The second-order valence-corrected chi connectivity index (χ2v) is 15.0. The number of anilines is 4. The minimum absolute atomic E-state index is 0.0617. The van der Waals surface area contributed by atoms with Crippen molar-refractivity contribution in [2.75, 3.05) is 16.3 Å². The Morgan fingerprint density at radius 1 is 0.720 bits per heavy atom. The van der Waals surface area contributed by atoms with E-state index in [4.69, 9.17) is 0 Å². The first-order valence-electron chi connectivity index (χ1n) is 17.7. The van der Waals surface area contributed by atoms with Crippen LogP contribution in [-0.2, 0) is 11.8 Å². The average molecular weight is 644 g/mol. The summed E-state index contributed by atoms with van der Waals surface area (Å²) >= 11 is 0. The van der Waals surface area contributed by atoms with Crippen molar-refractivity contribution in [3.8, 4) is 6.07 Å². The van der Waals surface area contributed by atoms with E-state index in [9.17, 15) is 5.26 Å². The first-order valence-corrected chi connectivity index (χ1v) is 17.7. The molecule has 10 rings (SSSR count). The van der Waals surface area contributed by atoms with Crippen LogP contribution in [0.3, 0.4) is 0 Å². The SMILES string of the molecule is CC1(C)c2ccccc2C2C=CC(N(c3ccc(C#N)cc3)c3ccc4ccc5c(N6CCc7ccccc76)ccc6ccc3c4c65)=CC21C.